The van der Waals surface area contributed by atoms with Crippen molar-refractivity contribution in [3.8, 4) is 0 Å². The Morgan fingerprint density at radius 3 is 2.70 bits per heavy atom. The minimum absolute atomic E-state index is 0.293. The molecule has 0 aromatic carbocycles. The number of allylic oxidation sites excluding steroid dienone is 3. The van der Waals surface area contributed by atoms with Crippen LogP contribution in [0.3, 0.4) is 0 Å². The van der Waals surface area contributed by atoms with E-state index in [0.717, 1.165) is 6.42 Å². The van der Waals surface area contributed by atoms with E-state index in [4.69, 9.17) is 0 Å². The second kappa shape index (κ2) is 5.05. The van der Waals surface area contributed by atoms with E-state index in [1.165, 1.54) is 31.3 Å². The fraction of sp³-hybridized carbons (Fsp3) is 0.762. The van der Waals surface area contributed by atoms with Gasteiger partial charge in [-0.1, -0.05) is 37.1 Å². The molecule has 0 aromatic heterocycles. The fourth-order valence-corrected chi connectivity index (χ4v) is 6.70. The molecule has 0 amide bonds. The van der Waals surface area contributed by atoms with Crippen molar-refractivity contribution in [1.82, 2.24) is 0 Å². The van der Waals surface area contributed by atoms with Crippen LogP contribution in [-0.4, -0.2) is 17.0 Å². The number of hydrogen-bond donors (Lipinski definition) is 1. The number of rotatable bonds is 1. The summed E-state index contributed by atoms with van der Waals surface area (Å²) in [7, 11) is 0. The number of Topliss-reactive ketones (excluding diaryl/α,β-unsaturated/α-hetero) is 1. The van der Waals surface area contributed by atoms with E-state index in [2.05, 4.69) is 32.9 Å². The molecule has 4 aliphatic carbocycles. The highest BCUT2D eigenvalue weighted by Crippen LogP contribution is 2.64. The standard InChI is InChI=1S/C21H30O2/c1-4-13-6-8-17-16-7-5-14-11-15(22)12-19(23)21(14,3)18(16)9-10-20(13,17)2/h5-6,15-18,22H,4,7-12H2,1-3H3/t15-,16+,17+,18+,20-,21+/m1/s1. The zero-order chi connectivity index (χ0) is 16.4. The molecule has 0 unspecified atom stereocenters. The van der Waals surface area contributed by atoms with Crippen LogP contribution in [0.1, 0.15) is 65.7 Å². The highest BCUT2D eigenvalue weighted by molar-refractivity contribution is 5.90. The lowest BCUT2D eigenvalue weighted by Crippen LogP contribution is -2.53. The zero-order valence-electron chi connectivity index (χ0n) is 14.8. The molecule has 0 saturated heterocycles. The summed E-state index contributed by atoms with van der Waals surface area (Å²) in [5.74, 6) is 2.14. The van der Waals surface area contributed by atoms with E-state index in [1.807, 2.05) is 0 Å². The lowest BCUT2D eigenvalue weighted by atomic mass is 9.47. The third-order valence-electron chi connectivity index (χ3n) is 8.06. The number of ketones is 1. The van der Waals surface area contributed by atoms with Gasteiger partial charge in [-0.05, 0) is 68.6 Å². The average molecular weight is 314 g/mol. The first-order chi connectivity index (χ1) is 10.9. The summed E-state index contributed by atoms with van der Waals surface area (Å²) in [5, 5.41) is 10.0. The molecule has 2 heteroatoms. The minimum Gasteiger partial charge on any atom is -0.392 e. The predicted octanol–water partition coefficient (Wildman–Crippen LogP) is 4.44. The molecule has 0 radical (unpaired) electrons. The van der Waals surface area contributed by atoms with Crippen LogP contribution in [0, 0.1) is 28.6 Å². The number of fused-ring (bicyclic) bond motifs is 5. The van der Waals surface area contributed by atoms with Crippen molar-refractivity contribution < 1.29 is 9.90 Å². The van der Waals surface area contributed by atoms with Gasteiger partial charge >= 0.3 is 0 Å². The quantitative estimate of drug-likeness (QED) is 0.727. The average Bonchev–Trinajstić information content (AvgIpc) is 2.85. The Morgan fingerprint density at radius 2 is 1.96 bits per heavy atom. The molecule has 0 aromatic rings. The first kappa shape index (κ1) is 15.6. The Kier molecular flexibility index (Phi) is 3.43. The van der Waals surface area contributed by atoms with Crippen LogP contribution in [0.15, 0.2) is 23.3 Å². The molecular formula is C21H30O2. The van der Waals surface area contributed by atoms with E-state index in [9.17, 15) is 9.90 Å². The van der Waals surface area contributed by atoms with Gasteiger partial charge in [-0.15, -0.1) is 0 Å². The number of carbonyl (C=O) groups excluding carboxylic acids is 1. The molecule has 2 fully saturated rings. The monoisotopic (exact) mass is 314 g/mol. The van der Waals surface area contributed by atoms with E-state index in [0.29, 0.717) is 41.8 Å². The van der Waals surface area contributed by atoms with Gasteiger partial charge in [0.1, 0.15) is 5.78 Å². The molecule has 4 aliphatic rings. The van der Waals surface area contributed by atoms with Crippen molar-refractivity contribution >= 4 is 5.78 Å². The van der Waals surface area contributed by atoms with Crippen molar-refractivity contribution in [2.75, 3.05) is 0 Å². The summed E-state index contributed by atoms with van der Waals surface area (Å²) in [6.45, 7) is 6.96. The van der Waals surface area contributed by atoms with Gasteiger partial charge in [-0.2, -0.15) is 0 Å². The zero-order valence-corrected chi connectivity index (χ0v) is 14.8. The summed E-state index contributed by atoms with van der Waals surface area (Å²) in [4.78, 5) is 12.9. The molecular weight excluding hydrogens is 284 g/mol. The normalized spacial score (nSPS) is 49.0. The largest absolute Gasteiger partial charge is 0.392 e. The summed E-state index contributed by atoms with van der Waals surface area (Å²) in [6.07, 6.45) is 11.3. The summed E-state index contributed by atoms with van der Waals surface area (Å²) in [6, 6.07) is 0. The number of carbonyl (C=O) groups is 1. The van der Waals surface area contributed by atoms with E-state index in [1.54, 1.807) is 5.57 Å². The van der Waals surface area contributed by atoms with Crippen molar-refractivity contribution in [3.05, 3.63) is 23.3 Å². The van der Waals surface area contributed by atoms with Gasteiger partial charge in [-0.25, -0.2) is 0 Å². The van der Waals surface area contributed by atoms with Crippen LogP contribution >= 0.6 is 0 Å². The van der Waals surface area contributed by atoms with E-state index in [-0.39, 0.29) is 5.41 Å². The lowest BCUT2D eigenvalue weighted by Gasteiger charge is -2.56. The second-order valence-corrected chi connectivity index (χ2v) is 8.80. The van der Waals surface area contributed by atoms with Crippen molar-refractivity contribution in [1.29, 1.82) is 0 Å². The molecule has 0 heterocycles. The Bertz CT molecular complexity index is 601. The van der Waals surface area contributed by atoms with Gasteiger partial charge in [0.15, 0.2) is 0 Å². The molecule has 0 aliphatic heterocycles. The maximum absolute atomic E-state index is 12.9. The van der Waals surface area contributed by atoms with Crippen LogP contribution in [-0.2, 0) is 4.79 Å². The molecule has 0 spiro atoms. The topological polar surface area (TPSA) is 37.3 Å². The first-order valence-corrected chi connectivity index (χ1v) is 9.51. The summed E-state index contributed by atoms with van der Waals surface area (Å²) >= 11 is 0. The maximum Gasteiger partial charge on any atom is 0.145 e. The predicted molar refractivity (Wildman–Crippen MR) is 91.9 cm³/mol. The SMILES string of the molecule is CCC1=CC[C@H]2[C@@H]3CC=C4C[C@@H](O)CC(=O)[C@]4(C)[C@H]3CC[C@]12C. The Labute approximate surface area is 140 Å². The smallest absolute Gasteiger partial charge is 0.145 e. The minimum atomic E-state index is -0.452. The van der Waals surface area contributed by atoms with Gasteiger partial charge in [0, 0.05) is 6.42 Å². The van der Waals surface area contributed by atoms with E-state index >= 15 is 0 Å². The van der Waals surface area contributed by atoms with Gasteiger partial charge in [0.2, 0.25) is 0 Å². The Hall–Kier alpha value is -0.890. The highest BCUT2D eigenvalue weighted by atomic mass is 16.3. The highest BCUT2D eigenvalue weighted by Gasteiger charge is 2.58. The van der Waals surface area contributed by atoms with Gasteiger partial charge in [-0.3, -0.25) is 4.79 Å². The Morgan fingerprint density at radius 1 is 1.17 bits per heavy atom. The van der Waals surface area contributed by atoms with Gasteiger partial charge in [0.05, 0.1) is 11.5 Å². The number of aliphatic hydroxyl groups excluding tert-OH is 1. The molecule has 2 nitrogen and oxygen atoms in total. The maximum atomic E-state index is 12.9. The van der Waals surface area contributed by atoms with Crippen molar-refractivity contribution in [3.63, 3.8) is 0 Å². The third kappa shape index (κ3) is 1.94. The summed E-state index contributed by atoms with van der Waals surface area (Å²) < 4.78 is 0. The Balaban J connectivity index is 1.71. The van der Waals surface area contributed by atoms with Gasteiger partial charge < -0.3 is 5.11 Å². The van der Waals surface area contributed by atoms with Crippen LogP contribution in [0.2, 0.25) is 0 Å². The number of aliphatic hydroxyl groups is 1. The molecule has 6 atom stereocenters. The molecule has 126 valence electrons. The first-order valence-electron chi connectivity index (χ1n) is 9.51. The van der Waals surface area contributed by atoms with Crippen LogP contribution in [0.4, 0.5) is 0 Å². The molecule has 0 bridgehead atoms. The van der Waals surface area contributed by atoms with E-state index < -0.39 is 6.10 Å². The fourth-order valence-electron chi connectivity index (χ4n) is 6.70. The lowest BCUT2D eigenvalue weighted by molar-refractivity contribution is -0.138. The second-order valence-electron chi connectivity index (χ2n) is 8.80. The molecule has 1 N–H and O–H groups in total. The molecule has 4 rings (SSSR count). The van der Waals surface area contributed by atoms with Crippen molar-refractivity contribution in [2.24, 2.45) is 28.6 Å². The van der Waals surface area contributed by atoms with Crippen molar-refractivity contribution in [2.45, 2.75) is 71.8 Å². The van der Waals surface area contributed by atoms with Crippen LogP contribution in [0.25, 0.3) is 0 Å². The third-order valence-corrected chi connectivity index (χ3v) is 8.06. The van der Waals surface area contributed by atoms with Gasteiger partial charge in [0.25, 0.3) is 0 Å². The van der Waals surface area contributed by atoms with Crippen LogP contribution < -0.4 is 0 Å². The molecule has 2 saturated carbocycles. The summed E-state index contributed by atoms with van der Waals surface area (Å²) in [5.41, 5.74) is 2.98. The van der Waals surface area contributed by atoms with Crippen LogP contribution in [0.5, 0.6) is 0 Å². The molecule has 23 heavy (non-hydrogen) atoms. The number of hydrogen-bond acceptors (Lipinski definition) is 2.